The smallest absolute Gasteiger partial charge is 0.323 e. The van der Waals surface area contributed by atoms with Crippen LogP contribution in [-0.4, -0.2) is 45.4 Å². The second-order valence-electron chi connectivity index (χ2n) is 6.90. The van der Waals surface area contributed by atoms with Crippen molar-refractivity contribution in [3.05, 3.63) is 52.0 Å². The lowest BCUT2D eigenvalue weighted by Crippen LogP contribution is -3.20. The van der Waals surface area contributed by atoms with Gasteiger partial charge in [-0.2, -0.15) is 0 Å². The van der Waals surface area contributed by atoms with E-state index >= 15 is 0 Å². The molecule has 5 N–H and O–H groups in total. The summed E-state index contributed by atoms with van der Waals surface area (Å²) in [5.41, 5.74) is 2.27. The Balaban J connectivity index is 0.00000225. The number of hydrogen-bond acceptors (Lipinski definition) is 2. The molecular formula is C20H26Cl4N4O2. The molecule has 0 unspecified atom stereocenters. The number of carbonyl (C=O) groups is 1. The number of quaternary nitrogens is 2. The van der Waals surface area contributed by atoms with E-state index in [0.29, 0.717) is 28.0 Å². The van der Waals surface area contributed by atoms with Crippen molar-refractivity contribution in [3.63, 3.8) is 0 Å². The summed E-state index contributed by atoms with van der Waals surface area (Å²) in [4.78, 5) is 13.8. The van der Waals surface area contributed by atoms with Crippen LogP contribution in [0.5, 0.6) is 5.75 Å². The topological polar surface area (TPSA) is 71.4 Å². The lowest BCUT2D eigenvalue weighted by Gasteiger charge is -2.22. The van der Waals surface area contributed by atoms with Crippen LogP contribution in [0.15, 0.2) is 36.4 Å². The van der Waals surface area contributed by atoms with E-state index in [4.69, 9.17) is 27.9 Å². The molecule has 0 atom stereocenters. The summed E-state index contributed by atoms with van der Waals surface area (Å²) >= 11 is 11.9. The van der Waals surface area contributed by atoms with Crippen LogP contribution in [0.1, 0.15) is 5.56 Å². The summed E-state index contributed by atoms with van der Waals surface area (Å²) in [6.07, 6.45) is 0. The minimum absolute atomic E-state index is 0. The highest BCUT2D eigenvalue weighted by Gasteiger charge is 2.15. The molecule has 0 spiro atoms. The maximum absolute atomic E-state index is 12.2. The predicted octanol–water partition coefficient (Wildman–Crippen LogP) is -4.21. The van der Waals surface area contributed by atoms with Gasteiger partial charge in [0.25, 0.3) is 0 Å². The number of nitrogens with two attached hydrogens (primary N) is 1. The molecule has 0 aromatic heterocycles. The number of piperazine rings is 1. The van der Waals surface area contributed by atoms with Crippen molar-refractivity contribution in [1.29, 1.82) is 0 Å². The standard InChI is InChI=1S/C20H24Cl2N4O2.2ClH/c1-14-2-3-16(13-19(14)28-11-10-26-8-6-23-7-9-26)25-20(27)24-15-4-5-17(21)18(22)12-15;;/h2-5,12-13,23H,6-11H2,1H3,(H2,24,25,27);2*1H. The minimum Gasteiger partial charge on any atom is -1.00 e. The normalized spacial score (nSPS) is 13.6. The minimum atomic E-state index is -0.359. The Morgan fingerprint density at radius 2 is 1.67 bits per heavy atom. The number of hydrogen-bond donors (Lipinski definition) is 4. The van der Waals surface area contributed by atoms with Crippen LogP contribution in [0.2, 0.25) is 10.0 Å². The van der Waals surface area contributed by atoms with E-state index in [1.54, 1.807) is 23.1 Å². The van der Waals surface area contributed by atoms with Gasteiger partial charge in [0, 0.05) is 17.4 Å². The van der Waals surface area contributed by atoms with Crippen LogP contribution in [0.4, 0.5) is 16.2 Å². The predicted molar refractivity (Wildman–Crippen MR) is 113 cm³/mol. The maximum atomic E-state index is 12.2. The van der Waals surface area contributed by atoms with Crippen LogP contribution >= 0.6 is 23.2 Å². The van der Waals surface area contributed by atoms with Crippen molar-refractivity contribution in [2.45, 2.75) is 6.92 Å². The Labute approximate surface area is 199 Å². The average Bonchev–Trinajstić information content (AvgIpc) is 2.68. The van der Waals surface area contributed by atoms with Gasteiger partial charge in [0.05, 0.1) is 10.0 Å². The van der Waals surface area contributed by atoms with Crippen molar-refractivity contribution in [2.75, 3.05) is 50.0 Å². The molecule has 10 heteroatoms. The van der Waals surface area contributed by atoms with Gasteiger partial charge in [0.2, 0.25) is 0 Å². The molecule has 2 aromatic carbocycles. The lowest BCUT2D eigenvalue weighted by atomic mass is 10.2. The van der Waals surface area contributed by atoms with Crippen molar-refractivity contribution >= 4 is 40.6 Å². The highest BCUT2D eigenvalue weighted by atomic mass is 35.5. The van der Waals surface area contributed by atoms with Gasteiger partial charge >= 0.3 is 6.03 Å². The molecule has 2 amide bonds. The van der Waals surface area contributed by atoms with E-state index in [-0.39, 0.29) is 30.8 Å². The van der Waals surface area contributed by atoms with Crippen molar-refractivity contribution < 1.29 is 44.6 Å². The van der Waals surface area contributed by atoms with E-state index in [1.165, 1.54) is 26.2 Å². The molecular weight excluding hydrogens is 470 g/mol. The summed E-state index contributed by atoms with van der Waals surface area (Å²) in [6.45, 7) is 8.37. The summed E-state index contributed by atoms with van der Waals surface area (Å²) in [7, 11) is 0. The molecule has 2 aromatic rings. The van der Waals surface area contributed by atoms with Gasteiger partial charge in [-0.1, -0.05) is 29.3 Å². The van der Waals surface area contributed by atoms with E-state index < -0.39 is 0 Å². The molecule has 1 saturated heterocycles. The van der Waals surface area contributed by atoms with Crippen LogP contribution in [0, 0.1) is 6.92 Å². The Morgan fingerprint density at radius 3 is 2.33 bits per heavy atom. The summed E-state index contributed by atoms with van der Waals surface area (Å²) in [6, 6.07) is 10.2. The first-order valence-corrected chi connectivity index (χ1v) is 10.2. The maximum Gasteiger partial charge on any atom is 0.323 e. The third-order valence-electron chi connectivity index (χ3n) is 4.74. The molecule has 1 aliphatic rings. The van der Waals surface area contributed by atoms with Crippen molar-refractivity contribution in [2.24, 2.45) is 0 Å². The van der Waals surface area contributed by atoms with Crippen molar-refractivity contribution in [1.82, 2.24) is 0 Å². The fraction of sp³-hybridized carbons (Fsp3) is 0.350. The third-order valence-corrected chi connectivity index (χ3v) is 5.48. The summed E-state index contributed by atoms with van der Waals surface area (Å²) in [5, 5.41) is 8.74. The first-order valence-electron chi connectivity index (χ1n) is 9.43. The fourth-order valence-corrected chi connectivity index (χ4v) is 3.44. The summed E-state index contributed by atoms with van der Waals surface area (Å²) in [5.74, 6) is 0.787. The zero-order chi connectivity index (χ0) is 19.9. The van der Waals surface area contributed by atoms with E-state index in [1.807, 2.05) is 25.1 Å². The van der Waals surface area contributed by atoms with E-state index in [9.17, 15) is 4.79 Å². The van der Waals surface area contributed by atoms with Gasteiger partial charge in [0.1, 0.15) is 45.1 Å². The molecule has 166 valence electrons. The monoisotopic (exact) mass is 494 g/mol. The lowest BCUT2D eigenvalue weighted by molar-refractivity contribution is -0.946. The molecule has 0 aliphatic carbocycles. The molecule has 0 saturated carbocycles. The number of halogens is 4. The molecule has 1 fully saturated rings. The number of anilines is 2. The second kappa shape index (κ2) is 13.1. The first-order chi connectivity index (χ1) is 13.5. The SMILES string of the molecule is Cc1ccc(NC(=O)Nc2ccc(Cl)c(Cl)c2)cc1OCC[NH+]1CC[NH2+]CC1.[Cl-].[Cl-]. The zero-order valence-electron chi connectivity index (χ0n) is 16.6. The van der Waals surface area contributed by atoms with Gasteiger partial charge in [-0.15, -0.1) is 0 Å². The van der Waals surface area contributed by atoms with Gasteiger partial charge in [-0.3, -0.25) is 0 Å². The number of amides is 2. The molecule has 6 nitrogen and oxygen atoms in total. The largest absolute Gasteiger partial charge is 1.00 e. The second-order valence-corrected chi connectivity index (χ2v) is 7.72. The summed E-state index contributed by atoms with van der Waals surface area (Å²) < 4.78 is 5.97. The van der Waals surface area contributed by atoms with Gasteiger partial charge in [-0.05, 0) is 36.8 Å². The number of urea groups is 1. The molecule has 0 bridgehead atoms. The number of ether oxygens (including phenoxy) is 1. The number of carbonyl (C=O) groups excluding carboxylic acids is 1. The van der Waals surface area contributed by atoms with Crippen LogP contribution in [0.25, 0.3) is 0 Å². The van der Waals surface area contributed by atoms with Gasteiger partial charge in [-0.25, -0.2) is 4.79 Å². The van der Waals surface area contributed by atoms with Crippen LogP contribution < -0.4 is 50.4 Å². The number of nitrogens with one attached hydrogen (secondary N) is 3. The van der Waals surface area contributed by atoms with E-state index in [2.05, 4.69) is 16.0 Å². The number of rotatable bonds is 6. The van der Waals surface area contributed by atoms with Gasteiger partial charge < -0.3 is 50.4 Å². The molecule has 0 radical (unpaired) electrons. The Kier molecular flexibility index (Phi) is 11.6. The fourth-order valence-electron chi connectivity index (χ4n) is 3.14. The van der Waals surface area contributed by atoms with Gasteiger partial charge in [0.15, 0.2) is 0 Å². The zero-order valence-corrected chi connectivity index (χ0v) is 19.6. The van der Waals surface area contributed by atoms with Crippen LogP contribution in [0.3, 0.4) is 0 Å². The highest BCUT2D eigenvalue weighted by Crippen LogP contribution is 2.26. The quantitative estimate of drug-likeness (QED) is 0.328. The molecule has 3 rings (SSSR count). The van der Waals surface area contributed by atoms with Crippen LogP contribution in [-0.2, 0) is 0 Å². The molecule has 30 heavy (non-hydrogen) atoms. The molecule has 1 heterocycles. The third kappa shape index (κ3) is 8.02. The van der Waals surface area contributed by atoms with Crippen molar-refractivity contribution in [3.8, 4) is 5.75 Å². The Hall–Kier alpha value is -1.41. The average molecular weight is 496 g/mol. The number of aryl methyl sites for hydroxylation is 1. The molecule has 1 aliphatic heterocycles. The first kappa shape index (κ1) is 26.6. The number of benzene rings is 2. The highest BCUT2D eigenvalue weighted by molar-refractivity contribution is 6.42. The Bertz CT molecular complexity index is 832. The Morgan fingerprint density at radius 1 is 1.03 bits per heavy atom. The van der Waals surface area contributed by atoms with E-state index in [0.717, 1.165) is 17.9 Å².